The molecule has 2 nitrogen and oxygen atoms in total. The van der Waals surface area contributed by atoms with Crippen LogP contribution in [0, 0.1) is 18.6 Å². The average Bonchev–Trinajstić information content (AvgIpc) is 2.36. The first-order valence-electron chi connectivity index (χ1n) is 5.29. The number of aryl methyl sites for hydroxylation is 1. The maximum Gasteiger partial charge on any atom is 0.173 e. The Morgan fingerprint density at radius 3 is 2.56 bits per heavy atom. The van der Waals surface area contributed by atoms with Crippen LogP contribution in [-0.2, 0) is 0 Å². The number of carbonyl (C=O) groups excluding carboxylic acids is 1. The summed E-state index contributed by atoms with van der Waals surface area (Å²) in [5, 5.41) is 0. The van der Waals surface area contributed by atoms with Gasteiger partial charge in [-0.1, -0.05) is 12.1 Å². The lowest BCUT2D eigenvalue weighted by Crippen LogP contribution is -1.94. The fourth-order valence-electron chi connectivity index (χ4n) is 1.48. The minimum absolute atomic E-state index is 0.0796. The van der Waals surface area contributed by atoms with Crippen LogP contribution >= 0.6 is 0 Å². The molecule has 0 bridgehead atoms. The topological polar surface area (TPSA) is 26.3 Å². The zero-order chi connectivity index (χ0) is 13.1. The van der Waals surface area contributed by atoms with Gasteiger partial charge in [-0.3, -0.25) is 4.79 Å². The Hall–Kier alpha value is -2.23. The van der Waals surface area contributed by atoms with E-state index in [1.807, 2.05) is 0 Å². The molecule has 0 aliphatic carbocycles. The van der Waals surface area contributed by atoms with Crippen LogP contribution in [0.5, 0.6) is 11.5 Å². The van der Waals surface area contributed by atoms with E-state index in [1.165, 1.54) is 30.3 Å². The van der Waals surface area contributed by atoms with Crippen LogP contribution in [0.15, 0.2) is 36.4 Å². The minimum atomic E-state index is -0.666. The Bertz CT molecular complexity index is 594. The highest BCUT2D eigenvalue weighted by molar-refractivity contribution is 5.79. The highest BCUT2D eigenvalue weighted by atomic mass is 19.1. The molecule has 2 rings (SSSR count). The second-order valence-corrected chi connectivity index (χ2v) is 3.79. The third-order valence-electron chi connectivity index (χ3n) is 2.49. The minimum Gasteiger partial charge on any atom is -0.453 e. The fourth-order valence-corrected chi connectivity index (χ4v) is 1.48. The van der Waals surface area contributed by atoms with Crippen molar-refractivity contribution < 1.29 is 18.3 Å². The second-order valence-electron chi connectivity index (χ2n) is 3.79. The van der Waals surface area contributed by atoms with Crippen molar-refractivity contribution >= 4 is 6.29 Å². The molecule has 0 fully saturated rings. The van der Waals surface area contributed by atoms with Gasteiger partial charge in [0.15, 0.2) is 17.9 Å². The summed E-state index contributed by atoms with van der Waals surface area (Å²) in [5.74, 6) is -1.17. The van der Waals surface area contributed by atoms with E-state index in [2.05, 4.69) is 0 Å². The van der Waals surface area contributed by atoms with Crippen LogP contribution in [0.25, 0.3) is 0 Å². The molecule has 0 amide bonds. The Morgan fingerprint density at radius 2 is 1.89 bits per heavy atom. The largest absolute Gasteiger partial charge is 0.453 e. The molecule has 0 aromatic heterocycles. The summed E-state index contributed by atoms with van der Waals surface area (Å²) in [5.41, 5.74) is 0.544. The van der Waals surface area contributed by atoms with Crippen LogP contribution in [-0.4, -0.2) is 6.29 Å². The lowest BCUT2D eigenvalue weighted by atomic mass is 10.2. The van der Waals surface area contributed by atoms with Gasteiger partial charge in [0.05, 0.1) is 5.56 Å². The molecule has 0 radical (unpaired) electrons. The van der Waals surface area contributed by atoms with E-state index in [4.69, 9.17) is 4.74 Å². The summed E-state index contributed by atoms with van der Waals surface area (Å²) >= 11 is 0. The smallest absolute Gasteiger partial charge is 0.173 e. The normalized spacial score (nSPS) is 10.2. The third kappa shape index (κ3) is 2.37. The highest BCUT2D eigenvalue weighted by Crippen LogP contribution is 2.28. The van der Waals surface area contributed by atoms with E-state index in [9.17, 15) is 13.6 Å². The number of hydrogen-bond acceptors (Lipinski definition) is 2. The molecular formula is C14H10F2O2. The number of carbonyl (C=O) groups is 1. The summed E-state index contributed by atoms with van der Waals surface area (Å²) in [6.45, 7) is 1.61. The van der Waals surface area contributed by atoms with Crippen molar-refractivity contribution in [2.75, 3.05) is 0 Å². The van der Waals surface area contributed by atoms with Crippen LogP contribution in [0.3, 0.4) is 0 Å². The Balaban J connectivity index is 2.39. The van der Waals surface area contributed by atoms with Crippen molar-refractivity contribution in [2.24, 2.45) is 0 Å². The summed E-state index contributed by atoms with van der Waals surface area (Å²) < 4.78 is 32.1. The highest BCUT2D eigenvalue weighted by Gasteiger charge is 2.11. The van der Waals surface area contributed by atoms with Crippen molar-refractivity contribution in [2.45, 2.75) is 6.92 Å². The van der Waals surface area contributed by atoms with Gasteiger partial charge in [0, 0.05) is 6.07 Å². The number of ether oxygens (including phenoxy) is 1. The van der Waals surface area contributed by atoms with E-state index in [-0.39, 0.29) is 17.1 Å². The molecule has 0 aliphatic rings. The zero-order valence-electron chi connectivity index (χ0n) is 9.61. The Labute approximate surface area is 103 Å². The second kappa shape index (κ2) is 4.96. The number of halogens is 2. The van der Waals surface area contributed by atoms with E-state index >= 15 is 0 Å². The van der Waals surface area contributed by atoms with Gasteiger partial charge < -0.3 is 4.74 Å². The molecule has 0 atom stereocenters. The van der Waals surface area contributed by atoms with E-state index < -0.39 is 11.6 Å². The Kier molecular flexibility index (Phi) is 3.37. The predicted molar refractivity (Wildman–Crippen MR) is 63.0 cm³/mol. The fraction of sp³-hybridized carbons (Fsp3) is 0.0714. The molecule has 0 N–H and O–H groups in total. The molecule has 92 valence electrons. The van der Waals surface area contributed by atoms with Crippen molar-refractivity contribution in [1.82, 2.24) is 0 Å². The number of aldehydes is 1. The summed E-state index contributed by atoms with van der Waals surface area (Å²) in [7, 11) is 0. The third-order valence-corrected chi connectivity index (χ3v) is 2.49. The van der Waals surface area contributed by atoms with Gasteiger partial charge >= 0.3 is 0 Å². The molecule has 0 unspecified atom stereocenters. The van der Waals surface area contributed by atoms with E-state index in [0.717, 1.165) is 6.07 Å². The van der Waals surface area contributed by atoms with Crippen molar-refractivity contribution in [3.8, 4) is 11.5 Å². The first-order valence-corrected chi connectivity index (χ1v) is 5.29. The zero-order valence-corrected chi connectivity index (χ0v) is 9.61. The predicted octanol–water partition coefficient (Wildman–Crippen LogP) is 3.88. The van der Waals surface area contributed by atoms with Gasteiger partial charge in [-0.15, -0.1) is 0 Å². The number of hydrogen-bond donors (Lipinski definition) is 0. The lowest BCUT2D eigenvalue weighted by molar-refractivity contribution is 0.112. The van der Waals surface area contributed by atoms with Crippen LogP contribution in [0.4, 0.5) is 8.78 Å². The molecule has 0 saturated heterocycles. The summed E-state index contributed by atoms with van der Waals surface area (Å²) in [6.07, 6.45) is 0.489. The molecule has 18 heavy (non-hydrogen) atoms. The van der Waals surface area contributed by atoms with E-state index in [1.54, 1.807) is 6.92 Å². The molecule has 0 saturated carbocycles. The van der Waals surface area contributed by atoms with Gasteiger partial charge in [0.1, 0.15) is 11.6 Å². The number of benzene rings is 2. The Morgan fingerprint density at radius 1 is 1.11 bits per heavy atom. The van der Waals surface area contributed by atoms with Gasteiger partial charge in [-0.25, -0.2) is 8.78 Å². The maximum absolute atomic E-state index is 13.5. The standard InChI is InChI=1S/C14H10F2O2/c1-9-5-6-11(7-13(9)16)18-14-10(8-17)3-2-4-12(14)15/h2-8H,1H3. The SMILES string of the molecule is Cc1ccc(Oc2c(F)cccc2C=O)cc1F. The first kappa shape index (κ1) is 12.2. The van der Waals surface area contributed by atoms with Crippen molar-refractivity contribution in [1.29, 1.82) is 0 Å². The van der Waals surface area contributed by atoms with Crippen molar-refractivity contribution in [3.63, 3.8) is 0 Å². The monoisotopic (exact) mass is 248 g/mol. The molecule has 4 heteroatoms. The van der Waals surface area contributed by atoms with Crippen LogP contribution in [0.1, 0.15) is 15.9 Å². The van der Waals surface area contributed by atoms with Crippen LogP contribution in [0.2, 0.25) is 0 Å². The van der Waals surface area contributed by atoms with Gasteiger partial charge in [0.25, 0.3) is 0 Å². The van der Waals surface area contributed by atoms with Gasteiger partial charge in [-0.05, 0) is 30.7 Å². The summed E-state index contributed by atoms with van der Waals surface area (Å²) in [6, 6.07) is 8.19. The quantitative estimate of drug-likeness (QED) is 0.770. The number of para-hydroxylation sites is 1. The lowest BCUT2D eigenvalue weighted by Gasteiger charge is -2.09. The molecule has 0 heterocycles. The van der Waals surface area contributed by atoms with Crippen LogP contribution < -0.4 is 4.74 Å². The molecular weight excluding hydrogens is 238 g/mol. The molecule has 0 aliphatic heterocycles. The average molecular weight is 248 g/mol. The summed E-state index contributed by atoms with van der Waals surface area (Å²) in [4.78, 5) is 10.8. The maximum atomic E-state index is 13.5. The molecule has 2 aromatic rings. The first-order chi connectivity index (χ1) is 8.61. The molecule has 0 spiro atoms. The molecule has 2 aromatic carbocycles. The van der Waals surface area contributed by atoms with E-state index in [0.29, 0.717) is 11.8 Å². The van der Waals surface area contributed by atoms with Crippen molar-refractivity contribution in [3.05, 3.63) is 59.2 Å². The van der Waals surface area contributed by atoms with Gasteiger partial charge in [-0.2, -0.15) is 0 Å². The number of rotatable bonds is 3. The van der Waals surface area contributed by atoms with Gasteiger partial charge in [0.2, 0.25) is 0 Å².